The molecule has 0 aliphatic carbocycles. The molecule has 28 heavy (non-hydrogen) atoms. The quantitative estimate of drug-likeness (QED) is 0.674. The number of hydrogen-bond acceptors (Lipinski definition) is 3. The van der Waals surface area contributed by atoms with E-state index in [4.69, 9.17) is 0 Å². The number of nitrogens with zero attached hydrogens (tertiary/aromatic N) is 1. The zero-order valence-corrected chi connectivity index (χ0v) is 15.7. The predicted molar refractivity (Wildman–Crippen MR) is 110 cm³/mol. The van der Waals surface area contributed by atoms with Crippen LogP contribution in [-0.2, 0) is 0 Å². The Kier molecular flexibility index (Phi) is 5.65. The molecule has 1 N–H and O–H groups in total. The Bertz CT molecular complexity index is 994. The van der Waals surface area contributed by atoms with Crippen LogP contribution < -0.4 is 10.2 Å². The van der Waals surface area contributed by atoms with Crippen molar-refractivity contribution in [3.63, 3.8) is 0 Å². The number of hydrogen-bond donors (Lipinski definition) is 1. The highest BCUT2D eigenvalue weighted by Gasteiger charge is 2.14. The van der Waals surface area contributed by atoms with Gasteiger partial charge in [-0.3, -0.25) is 14.4 Å². The number of carbonyl (C=O) groups is 3. The van der Waals surface area contributed by atoms with Gasteiger partial charge in [-0.15, -0.1) is 0 Å². The van der Waals surface area contributed by atoms with Crippen LogP contribution in [-0.4, -0.2) is 24.6 Å². The third-order valence-corrected chi connectivity index (χ3v) is 4.39. The minimum Gasteiger partial charge on any atom is -0.322 e. The molecule has 0 bridgehead atoms. The van der Waals surface area contributed by atoms with Crippen molar-refractivity contribution >= 4 is 29.0 Å². The largest absolute Gasteiger partial charge is 0.322 e. The topological polar surface area (TPSA) is 66.5 Å². The van der Waals surface area contributed by atoms with Gasteiger partial charge in [0.25, 0.3) is 11.8 Å². The first kappa shape index (κ1) is 19.0. The molecular formula is C23H20N2O3. The molecule has 3 aromatic rings. The van der Waals surface area contributed by atoms with Gasteiger partial charge in [-0.05, 0) is 67.6 Å². The van der Waals surface area contributed by atoms with Gasteiger partial charge in [0.05, 0.1) is 0 Å². The molecule has 0 saturated heterocycles. The highest BCUT2D eigenvalue weighted by atomic mass is 16.2. The molecule has 0 fully saturated rings. The van der Waals surface area contributed by atoms with Crippen LogP contribution in [0.4, 0.5) is 11.4 Å². The molecule has 140 valence electrons. The number of benzene rings is 3. The van der Waals surface area contributed by atoms with Gasteiger partial charge in [-0.25, -0.2) is 0 Å². The van der Waals surface area contributed by atoms with E-state index >= 15 is 0 Å². The summed E-state index contributed by atoms with van der Waals surface area (Å²) < 4.78 is 0. The Morgan fingerprint density at radius 1 is 0.714 bits per heavy atom. The van der Waals surface area contributed by atoms with Gasteiger partial charge < -0.3 is 10.2 Å². The number of nitrogens with one attached hydrogen (secondary N) is 1. The van der Waals surface area contributed by atoms with Crippen molar-refractivity contribution < 1.29 is 14.4 Å². The number of ketones is 1. The number of anilines is 2. The fourth-order valence-corrected chi connectivity index (χ4v) is 2.72. The molecule has 0 spiro atoms. The average molecular weight is 372 g/mol. The molecule has 3 rings (SSSR count). The van der Waals surface area contributed by atoms with E-state index in [2.05, 4.69) is 5.32 Å². The van der Waals surface area contributed by atoms with Gasteiger partial charge in [0, 0.05) is 35.1 Å². The van der Waals surface area contributed by atoms with Crippen LogP contribution in [0, 0.1) is 0 Å². The Balaban J connectivity index is 1.68. The zero-order valence-electron chi connectivity index (χ0n) is 15.7. The molecule has 5 heteroatoms. The Labute approximate surface area is 163 Å². The van der Waals surface area contributed by atoms with E-state index in [1.807, 2.05) is 30.3 Å². The van der Waals surface area contributed by atoms with Crippen LogP contribution in [0.5, 0.6) is 0 Å². The molecule has 0 atom stereocenters. The summed E-state index contributed by atoms with van der Waals surface area (Å²) in [5, 5.41) is 2.78. The minimum absolute atomic E-state index is 0.0291. The van der Waals surface area contributed by atoms with Gasteiger partial charge in [0.1, 0.15) is 0 Å². The molecule has 0 heterocycles. The summed E-state index contributed by atoms with van der Waals surface area (Å²) in [7, 11) is 1.71. The van der Waals surface area contributed by atoms with Gasteiger partial charge in [-0.1, -0.05) is 18.2 Å². The van der Waals surface area contributed by atoms with Crippen LogP contribution in [0.2, 0.25) is 0 Å². The summed E-state index contributed by atoms with van der Waals surface area (Å²) in [6, 6.07) is 22.5. The number of rotatable bonds is 5. The van der Waals surface area contributed by atoms with Crippen molar-refractivity contribution in [1.82, 2.24) is 0 Å². The minimum atomic E-state index is -0.286. The van der Waals surface area contributed by atoms with Crippen molar-refractivity contribution in [3.05, 3.63) is 95.6 Å². The first-order valence-electron chi connectivity index (χ1n) is 8.81. The average Bonchev–Trinajstić information content (AvgIpc) is 2.73. The summed E-state index contributed by atoms with van der Waals surface area (Å²) in [5.41, 5.74) is 2.91. The normalized spacial score (nSPS) is 10.2. The van der Waals surface area contributed by atoms with Crippen molar-refractivity contribution in [1.29, 1.82) is 0 Å². The maximum absolute atomic E-state index is 12.6. The van der Waals surface area contributed by atoms with E-state index in [-0.39, 0.29) is 17.6 Å². The lowest BCUT2D eigenvalue weighted by Crippen LogP contribution is -2.26. The van der Waals surface area contributed by atoms with E-state index in [1.165, 1.54) is 6.92 Å². The Morgan fingerprint density at radius 2 is 1.25 bits per heavy atom. The lowest BCUT2D eigenvalue weighted by molar-refractivity contribution is 0.0988. The highest BCUT2D eigenvalue weighted by molar-refractivity contribution is 6.08. The molecule has 0 unspecified atom stereocenters. The lowest BCUT2D eigenvalue weighted by atomic mass is 10.1. The fraction of sp³-hybridized carbons (Fsp3) is 0.0870. The van der Waals surface area contributed by atoms with Crippen molar-refractivity contribution in [2.45, 2.75) is 6.92 Å². The Morgan fingerprint density at radius 3 is 1.82 bits per heavy atom. The standard InChI is InChI=1S/C23H20N2O3/c1-16(26)17-12-14-20(15-13-17)24-22(27)18-8-10-19(11-9-18)23(28)25(2)21-6-4-3-5-7-21/h3-15H,1-2H3,(H,24,27). The molecule has 2 amide bonds. The maximum atomic E-state index is 12.6. The molecular weight excluding hydrogens is 352 g/mol. The zero-order chi connectivity index (χ0) is 20.1. The second-order valence-electron chi connectivity index (χ2n) is 6.36. The van der Waals surface area contributed by atoms with Crippen molar-refractivity contribution in [2.24, 2.45) is 0 Å². The summed E-state index contributed by atoms with van der Waals surface area (Å²) in [6.07, 6.45) is 0. The second-order valence-corrected chi connectivity index (χ2v) is 6.36. The van der Waals surface area contributed by atoms with Crippen molar-refractivity contribution in [3.8, 4) is 0 Å². The number of Topliss-reactive ketones (excluding diaryl/α,β-unsaturated/α-hetero) is 1. The van der Waals surface area contributed by atoms with E-state index < -0.39 is 0 Å². The smallest absolute Gasteiger partial charge is 0.258 e. The molecule has 0 aromatic heterocycles. The van der Waals surface area contributed by atoms with Gasteiger partial charge >= 0.3 is 0 Å². The van der Waals surface area contributed by atoms with Gasteiger partial charge in [-0.2, -0.15) is 0 Å². The molecule has 0 saturated carbocycles. The molecule has 0 aliphatic heterocycles. The van der Waals surface area contributed by atoms with Crippen LogP contribution in [0.3, 0.4) is 0 Å². The SMILES string of the molecule is CC(=O)c1ccc(NC(=O)c2ccc(C(=O)N(C)c3ccccc3)cc2)cc1. The third-order valence-electron chi connectivity index (χ3n) is 4.39. The Hall–Kier alpha value is -3.73. The summed E-state index contributed by atoms with van der Waals surface area (Å²) in [4.78, 5) is 37.9. The van der Waals surface area contributed by atoms with E-state index in [0.717, 1.165) is 5.69 Å². The summed E-state index contributed by atoms with van der Waals surface area (Å²) >= 11 is 0. The van der Waals surface area contributed by atoms with Crippen LogP contribution in [0.15, 0.2) is 78.9 Å². The summed E-state index contributed by atoms with van der Waals surface area (Å²) in [6.45, 7) is 1.49. The molecule has 5 nitrogen and oxygen atoms in total. The lowest BCUT2D eigenvalue weighted by Gasteiger charge is -2.17. The van der Waals surface area contributed by atoms with E-state index in [1.54, 1.807) is 60.5 Å². The first-order valence-corrected chi connectivity index (χ1v) is 8.81. The van der Waals surface area contributed by atoms with Crippen LogP contribution in [0.25, 0.3) is 0 Å². The van der Waals surface area contributed by atoms with Crippen LogP contribution >= 0.6 is 0 Å². The number of para-hydroxylation sites is 1. The van der Waals surface area contributed by atoms with E-state index in [9.17, 15) is 14.4 Å². The molecule has 0 radical (unpaired) electrons. The first-order chi connectivity index (χ1) is 13.5. The van der Waals surface area contributed by atoms with Crippen LogP contribution in [0.1, 0.15) is 38.0 Å². The maximum Gasteiger partial charge on any atom is 0.258 e. The van der Waals surface area contributed by atoms with Gasteiger partial charge in [0.2, 0.25) is 0 Å². The highest BCUT2D eigenvalue weighted by Crippen LogP contribution is 2.16. The number of carbonyl (C=O) groups excluding carboxylic acids is 3. The summed E-state index contributed by atoms with van der Waals surface area (Å²) in [5.74, 6) is -0.470. The molecule has 0 aliphatic rings. The van der Waals surface area contributed by atoms with Crippen molar-refractivity contribution in [2.75, 3.05) is 17.3 Å². The van der Waals surface area contributed by atoms with E-state index in [0.29, 0.717) is 22.4 Å². The predicted octanol–water partition coefficient (Wildman–Crippen LogP) is 4.42. The second kappa shape index (κ2) is 8.31. The fourth-order valence-electron chi connectivity index (χ4n) is 2.72. The monoisotopic (exact) mass is 372 g/mol. The number of amides is 2. The molecule has 3 aromatic carbocycles. The van der Waals surface area contributed by atoms with Gasteiger partial charge in [0.15, 0.2) is 5.78 Å². The third kappa shape index (κ3) is 4.32.